The molecule has 0 spiro atoms. The zero-order chi connectivity index (χ0) is 11.9. The fourth-order valence-corrected chi connectivity index (χ4v) is 0.524. The van der Waals surface area contributed by atoms with Crippen molar-refractivity contribution in [3.63, 3.8) is 0 Å². The first-order valence-electron chi connectivity index (χ1n) is 5.92. The van der Waals surface area contributed by atoms with Crippen molar-refractivity contribution in [3.05, 3.63) is 0 Å². The summed E-state index contributed by atoms with van der Waals surface area (Å²) < 4.78 is 0. The first kappa shape index (κ1) is 17.0. The molecule has 0 aliphatic carbocycles. The van der Waals surface area contributed by atoms with Gasteiger partial charge in [0.15, 0.2) is 0 Å². The summed E-state index contributed by atoms with van der Waals surface area (Å²) in [5.41, 5.74) is 0. The lowest BCUT2D eigenvalue weighted by Gasteiger charge is -2.00. The fourth-order valence-electron chi connectivity index (χ4n) is 0.524. The molecule has 0 fully saturated rings. The Morgan fingerprint density at radius 3 is 1.47 bits per heavy atom. The number of ketones is 1. The van der Waals surface area contributed by atoms with Crippen LogP contribution in [0.15, 0.2) is 0 Å². The summed E-state index contributed by atoms with van der Waals surface area (Å²) >= 11 is 0. The van der Waals surface area contributed by atoms with E-state index in [4.69, 9.17) is 9.78 Å². The molecule has 0 radical (unpaired) electrons. The average Bonchev–Trinajstić information content (AvgIpc) is 2.24. The van der Waals surface area contributed by atoms with Crippen LogP contribution in [0, 0.1) is 0 Å². The second-order valence-corrected chi connectivity index (χ2v) is 3.41. The number of rotatable bonds is 8. The Bertz CT molecular complexity index is 116. The van der Waals surface area contributed by atoms with Gasteiger partial charge < -0.3 is 4.79 Å². The van der Waals surface area contributed by atoms with Crippen molar-refractivity contribution in [2.24, 2.45) is 0 Å². The maximum absolute atomic E-state index is 9.81. The van der Waals surface area contributed by atoms with Gasteiger partial charge in [0.1, 0.15) is 5.78 Å². The van der Waals surface area contributed by atoms with Gasteiger partial charge in [0.05, 0.1) is 13.2 Å². The second kappa shape index (κ2) is 16.0. The largest absolute Gasteiger partial charge is 0.300 e. The summed E-state index contributed by atoms with van der Waals surface area (Å²) in [7, 11) is 0. The Hall–Kier alpha value is -0.410. The van der Waals surface area contributed by atoms with E-state index in [9.17, 15) is 4.79 Å². The van der Waals surface area contributed by atoms with Crippen molar-refractivity contribution >= 4 is 5.78 Å². The fraction of sp³-hybridized carbons (Fsp3) is 0.917. The molecule has 0 bridgehead atoms. The molecular weight excluding hydrogens is 192 g/mol. The number of unbranched alkanes of at least 4 members (excludes halogenated alkanes) is 2. The highest BCUT2D eigenvalue weighted by Gasteiger charge is 1.86. The molecule has 0 heterocycles. The van der Waals surface area contributed by atoms with Crippen LogP contribution in [0.5, 0.6) is 0 Å². The number of carbonyl (C=O) groups is 1. The summed E-state index contributed by atoms with van der Waals surface area (Å²) in [6.45, 7) is 9.17. The predicted molar refractivity (Wildman–Crippen MR) is 62.7 cm³/mol. The molecule has 0 atom stereocenters. The monoisotopic (exact) mass is 218 g/mol. The van der Waals surface area contributed by atoms with Crippen molar-refractivity contribution in [1.29, 1.82) is 0 Å². The van der Waals surface area contributed by atoms with Gasteiger partial charge in [-0.25, -0.2) is 9.78 Å². The van der Waals surface area contributed by atoms with Gasteiger partial charge in [0.2, 0.25) is 0 Å². The van der Waals surface area contributed by atoms with Gasteiger partial charge >= 0.3 is 0 Å². The molecule has 3 heteroatoms. The topological polar surface area (TPSA) is 35.5 Å². The first-order chi connectivity index (χ1) is 7.18. The highest BCUT2D eigenvalue weighted by atomic mass is 17.2. The van der Waals surface area contributed by atoms with E-state index in [1.165, 1.54) is 0 Å². The molecule has 0 saturated carbocycles. The van der Waals surface area contributed by atoms with Crippen LogP contribution in [-0.2, 0) is 14.6 Å². The molecule has 15 heavy (non-hydrogen) atoms. The van der Waals surface area contributed by atoms with E-state index in [-0.39, 0.29) is 5.78 Å². The van der Waals surface area contributed by atoms with Crippen LogP contribution in [0.3, 0.4) is 0 Å². The van der Waals surface area contributed by atoms with E-state index in [0.717, 1.165) is 38.9 Å². The minimum absolute atomic E-state index is 0.255. The van der Waals surface area contributed by atoms with Crippen LogP contribution in [0.4, 0.5) is 0 Å². The summed E-state index contributed by atoms with van der Waals surface area (Å²) in [6, 6.07) is 0. The van der Waals surface area contributed by atoms with E-state index in [0.29, 0.717) is 6.42 Å². The van der Waals surface area contributed by atoms with E-state index in [1.807, 2.05) is 6.92 Å². The van der Waals surface area contributed by atoms with E-state index in [2.05, 4.69) is 13.8 Å². The van der Waals surface area contributed by atoms with E-state index in [1.54, 1.807) is 6.92 Å². The summed E-state index contributed by atoms with van der Waals surface area (Å²) in [5, 5.41) is 0. The molecule has 0 aliphatic heterocycles. The van der Waals surface area contributed by atoms with E-state index >= 15 is 0 Å². The first-order valence-corrected chi connectivity index (χ1v) is 5.92. The Morgan fingerprint density at radius 2 is 1.27 bits per heavy atom. The standard InChI is InChI=1S/C8H18O2.C4H8O/c1-3-5-7-9-10-8-6-4-2;1-3-4(2)5/h3-8H2,1-2H3;3H2,1-2H3. The molecule has 0 rings (SSSR count). The Kier molecular flexibility index (Phi) is 18.2. The Balaban J connectivity index is 0. The van der Waals surface area contributed by atoms with Crippen LogP contribution in [0.2, 0.25) is 0 Å². The maximum Gasteiger partial charge on any atom is 0.129 e. The Labute approximate surface area is 94.1 Å². The van der Waals surface area contributed by atoms with Gasteiger partial charge in [-0.3, -0.25) is 0 Å². The molecule has 0 aromatic heterocycles. The lowest BCUT2D eigenvalue weighted by molar-refractivity contribution is -0.295. The van der Waals surface area contributed by atoms with Crippen LogP contribution in [0.25, 0.3) is 0 Å². The maximum atomic E-state index is 9.81. The van der Waals surface area contributed by atoms with Gasteiger partial charge in [-0.05, 0) is 19.8 Å². The quantitative estimate of drug-likeness (QED) is 0.355. The third-order valence-electron chi connectivity index (χ3n) is 1.74. The molecule has 92 valence electrons. The molecule has 0 aromatic carbocycles. The van der Waals surface area contributed by atoms with Crippen LogP contribution < -0.4 is 0 Å². The van der Waals surface area contributed by atoms with Crippen LogP contribution in [0.1, 0.15) is 59.8 Å². The second-order valence-electron chi connectivity index (χ2n) is 3.41. The third kappa shape index (κ3) is 24.7. The lowest BCUT2D eigenvalue weighted by atomic mass is 10.4. The van der Waals surface area contributed by atoms with Crippen molar-refractivity contribution < 1.29 is 14.6 Å². The highest BCUT2D eigenvalue weighted by molar-refractivity contribution is 5.74. The van der Waals surface area contributed by atoms with Gasteiger partial charge in [-0.1, -0.05) is 33.6 Å². The minimum atomic E-state index is 0.255. The molecule has 3 nitrogen and oxygen atoms in total. The van der Waals surface area contributed by atoms with Gasteiger partial charge in [-0.2, -0.15) is 0 Å². The summed E-state index contributed by atoms with van der Waals surface area (Å²) in [5.74, 6) is 0.255. The minimum Gasteiger partial charge on any atom is -0.300 e. The molecule has 0 N–H and O–H groups in total. The zero-order valence-corrected chi connectivity index (χ0v) is 10.7. The molecule has 0 saturated heterocycles. The van der Waals surface area contributed by atoms with E-state index < -0.39 is 0 Å². The van der Waals surface area contributed by atoms with Crippen molar-refractivity contribution in [3.8, 4) is 0 Å². The van der Waals surface area contributed by atoms with Crippen LogP contribution >= 0.6 is 0 Å². The van der Waals surface area contributed by atoms with Crippen molar-refractivity contribution in [2.45, 2.75) is 59.8 Å². The smallest absolute Gasteiger partial charge is 0.129 e. The predicted octanol–water partition coefficient (Wildman–Crippen LogP) is 3.52. The Morgan fingerprint density at radius 1 is 0.933 bits per heavy atom. The molecular formula is C12H26O3. The molecule has 0 amide bonds. The SMILES string of the molecule is CCC(C)=O.CCCCOOCCCC. The average molecular weight is 218 g/mol. The van der Waals surface area contributed by atoms with Crippen LogP contribution in [-0.4, -0.2) is 19.0 Å². The lowest BCUT2D eigenvalue weighted by Crippen LogP contribution is -1.97. The number of carbonyl (C=O) groups excluding carboxylic acids is 1. The molecule has 0 aliphatic rings. The summed E-state index contributed by atoms with van der Waals surface area (Å²) in [4.78, 5) is 19.6. The number of hydrogen-bond acceptors (Lipinski definition) is 3. The van der Waals surface area contributed by atoms with Crippen molar-refractivity contribution in [1.82, 2.24) is 0 Å². The third-order valence-corrected chi connectivity index (χ3v) is 1.74. The number of Topliss-reactive ketones (excluding diaryl/α,β-unsaturated/α-hetero) is 1. The molecule has 0 unspecified atom stereocenters. The van der Waals surface area contributed by atoms with Crippen molar-refractivity contribution in [2.75, 3.05) is 13.2 Å². The molecule has 0 aromatic rings. The number of hydrogen-bond donors (Lipinski definition) is 0. The highest BCUT2D eigenvalue weighted by Crippen LogP contribution is 1.91. The normalized spacial score (nSPS) is 9.33. The zero-order valence-electron chi connectivity index (χ0n) is 10.7. The van der Waals surface area contributed by atoms with Gasteiger partial charge in [0, 0.05) is 6.42 Å². The van der Waals surface area contributed by atoms with Gasteiger partial charge in [0.25, 0.3) is 0 Å². The van der Waals surface area contributed by atoms with Gasteiger partial charge in [-0.15, -0.1) is 0 Å². The summed E-state index contributed by atoms with van der Waals surface area (Å²) in [6.07, 6.45) is 5.17.